The van der Waals surface area contributed by atoms with E-state index in [1.165, 1.54) is 0 Å². The van der Waals surface area contributed by atoms with Crippen LogP contribution in [0.4, 0.5) is 0 Å². The highest BCUT2D eigenvalue weighted by Crippen LogP contribution is 2.16. The predicted octanol–water partition coefficient (Wildman–Crippen LogP) is -0.216. The van der Waals surface area contributed by atoms with E-state index in [-0.39, 0.29) is 24.7 Å². The maximum Gasteiger partial charge on any atom is 0.329 e. The second kappa shape index (κ2) is 7.12. The van der Waals surface area contributed by atoms with E-state index in [2.05, 4.69) is 5.32 Å². The van der Waals surface area contributed by atoms with Crippen LogP contribution in [0.2, 0.25) is 0 Å². The van der Waals surface area contributed by atoms with Crippen molar-refractivity contribution in [1.29, 1.82) is 0 Å². The molecule has 108 valence electrons. The molecule has 0 spiro atoms. The fourth-order valence-corrected chi connectivity index (χ4v) is 3.30. The maximum absolute atomic E-state index is 12.2. The minimum absolute atomic E-state index is 0.0335. The third-order valence-corrected chi connectivity index (χ3v) is 4.48. The normalized spacial score (nSPS) is 25.3. The SMILES string of the molecule is O=C(O)COC1CCN(C(=O)C2CSCCN2)CC1. The summed E-state index contributed by atoms with van der Waals surface area (Å²) >= 11 is 1.81. The Kier molecular flexibility index (Phi) is 5.47. The molecule has 2 heterocycles. The minimum Gasteiger partial charge on any atom is -0.480 e. The average Bonchev–Trinajstić information content (AvgIpc) is 2.46. The van der Waals surface area contributed by atoms with E-state index in [9.17, 15) is 9.59 Å². The van der Waals surface area contributed by atoms with Crippen molar-refractivity contribution in [2.75, 3.05) is 37.7 Å². The van der Waals surface area contributed by atoms with Crippen LogP contribution in [0.5, 0.6) is 0 Å². The van der Waals surface area contributed by atoms with Crippen LogP contribution in [0.15, 0.2) is 0 Å². The van der Waals surface area contributed by atoms with Crippen molar-refractivity contribution >= 4 is 23.6 Å². The molecular weight excluding hydrogens is 268 g/mol. The van der Waals surface area contributed by atoms with Gasteiger partial charge in [0.25, 0.3) is 0 Å². The summed E-state index contributed by atoms with van der Waals surface area (Å²) in [5, 5.41) is 11.8. The van der Waals surface area contributed by atoms with Crippen LogP contribution >= 0.6 is 11.8 Å². The summed E-state index contributed by atoms with van der Waals surface area (Å²) < 4.78 is 5.26. The van der Waals surface area contributed by atoms with Gasteiger partial charge in [0, 0.05) is 31.1 Å². The summed E-state index contributed by atoms with van der Waals surface area (Å²) in [6.45, 7) is 1.95. The van der Waals surface area contributed by atoms with E-state index in [0.717, 1.165) is 30.9 Å². The van der Waals surface area contributed by atoms with Gasteiger partial charge in [-0.05, 0) is 12.8 Å². The van der Waals surface area contributed by atoms with Crippen molar-refractivity contribution in [3.8, 4) is 0 Å². The van der Waals surface area contributed by atoms with E-state index in [0.29, 0.717) is 13.1 Å². The monoisotopic (exact) mass is 288 g/mol. The Labute approximate surface area is 116 Å². The Morgan fingerprint density at radius 3 is 2.68 bits per heavy atom. The standard InChI is InChI=1S/C12H20N2O4S/c15-11(16)7-18-9-1-4-14(5-2-9)12(17)10-8-19-6-3-13-10/h9-10,13H,1-8H2,(H,15,16). The van der Waals surface area contributed by atoms with Crippen LogP contribution < -0.4 is 5.32 Å². The first-order chi connectivity index (χ1) is 9.16. The molecular formula is C12H20N2O4S. The highest BCUT2D eigenvalue weighted by molar-refractivity contribution is 7.99. The van der Waals surface area contributed by atoms with Crippen LogP contribution in [-0.2, 0) is 14.3 Å². The lowest BCUT2D eigenvalue weighted by molar-refractivity contribution is -0.147. The fraction of sp³-hybridized carbons (Fsp3) is 0.833. The van der Waals surface area contributed by atoms with Gasteiger partial charge in [-0.15, -0.1) is 0 Å². The molecule has 0 aromatic rings. The fourth-order valence-electron chi connectivity index (χ4n) is 2.38. The molecule has 7 heteroatoms. The van der Waals surface area contributed by atoms with Crippen molar-refractivity contribution in [1.82, 2.24) is 10.2 Å². The second-order valence-electron chi connectivity index (χ2n) is 4.81. The van der Waals surface area contributed by atoms with Gasteiger partial charge in [0.15, 0.2) is 0 Å². The number of carboxylic acids is 1. The largest absolute Gasteiger partial charge is 0.480 e. The molecule has 2 aliphatic heterocycles. The van der Waals surface area contributed by atoms with Crippen molar-refractivity contribution in [3.63, 3.8) is 0 Å². The summed E-state index contributed by atoms with van der Waals surface area (Å²) in [6, 6.07) is -0.0600. The number of piperidine rings is 1. The summed E-state index contributed by atoms with van der Waals surface area (Å²) in [4.78, 5) is 24.5. The van der Waals surface area contributed by atoms with Gasteiger partial charge in [0.1, 0.15) is 6.61 Å². The Bertz CT molecular complexity index is 326. The van der Waals surface area contributed by atoms with Gasteiger partial charge in [-0.2, -0.15) is 11.8 Å². The lowest BCUT2D eigenvalue weighted by Crippen LogP contribution is -2.53. The molecule has 6 nitrogen and oxygen atoms in total. The van der Waals surface area contributed by atoms with Gasteiger partial charge in [-0.25, -0.2) is 4.79 Å². The van der Waals surface area contributed by atoms with Gasteiger partial charge in [0.05, 0.1) is 12.1 Å². The summed E-state index contributed by atoms with van der Waals surface area (Å²) in [5.74, 6) is 1.13. The first-order valence-corrected chi connectivity index (χ1v) is 7.75. The lowest BCUT2D eigenvalue weighted by atomic mass is 10.1. The zero-order valence-electron chi connectivity index (χ0n) is 10.8. The molecule has 2 rings (SSSR count). The number of nitrogens with one attached hydrogen (secondary N) is 1. The minimum atomic E-state index is -0.943. The Morgan fingerprint density at radius 2 is 2.11 bits per heavy atom. The molecule has 0 saturated carbocycles. The number of carbonyl (C=O) groups excluding carboxylic acids is 1. The number of amides is 1. The van der Waals surface area contributed by atoms with E-state index in [1.54, 1.807) is 0 Å². The number of hydrogen-bond donors (Lipinski definition) is 2. The Balaban J connectivity index is 1.72. The molecule has 0 bridgehead atoms. The van der Waals surface area contributed by atoms with Gasteiger partial charge >= 0.3 is 5.97 Å². The highest BCUT2D eigenvalue weighted by atomic mass is 32.2. The first-order valence-electron chi connectivity index (χ1n) is 6.60. The highest BCUT2D eigenvalue weighted by Gasteiger charge is 2.29. The molecule has 0 aliphatic carbocycles. The number of likely N-dealkylation sites (tertiary alicyclic amines) is 1. The Hall–Kier alpha value is -0.790. The number of carboxylic acid groups (broad SMARTS) is 1. The third-order valence-electron chi connectivity index (χ3n) is 3.42. The molecule has 1 atom stereocenters. The molecule has 2 saturated heterocycles. The van der Waals surface area contributed by atoms with Crippen molar-refractivity contribution in [2.24, 2.45) is 0 Å². The predicted molar refractivity (Wildman–Crippen MR) is 72.3 cm³/mol. The zero-order valence-corrected chi connectivity index (χ0v) is 11.7. The smallest absolute Gasteiger partial charge is 0.329 e. The number of thioether (sulfide) groups is 1. The van der Waals surface area contributed by atoms with Crippen LogP contribution in [0.1, 0.15) is 12.8 Å². The molecule has 1 amide bonds. The molecule has 0 radical (unpaired) electrons. The summed E-state index contributed by atoms with van der Waals surface area (Å²) in [6.07, 6.45) is 1.41. The molecule has 0 aromatic carbocycles. The van der Waals surface area contributed by atoms with Crippen LogP contribution in [0.3, 0.4) is 0 Å². The maximum atomic E-state index is 12.2. The summed E-state index contributed by atoms with van der Waals surface area (Å²) in [7, 11) is 0. The molecule has 2 N–H and O–H groups in total. The Morgan fingerprint density at radius 1 is 1.37 bits per heavy atom. The number of nitrogens with zero attached hydrogens (tertiary/aromatic N) is 1. The molecule has 0 aromatic heterocycles. The second-order valence-corrected chi connectivity index (χ2v) is 5.96. The number of hydrogen-bond acceptors (Lipinski definition) is 5. The first kappa shape index (κ1) is 14.6. The molecule has 2 fully saturated rings. The number of aliphatic carboxylic acids is 1. The number of ether oxygens (including phenoxy) is 1. The van der Waals surface area contributed by atoms with E-state index >= 15 is 0 Å². The van der Waals surface area contributed by atoms with E-state index in [4.69, 9.17) is 9.84 Å². The molecule has 1 unspecified atom stereocenters. The third kappa shape index (κ3) is 4.36. The van der Waals surface area contributed by atoms with Crippen molar-refractivity contribution in [2.45, 2.75) is 25.0 Å². The van der Waals surface area contributed by atoms with Gasteiger partial charge in [-0.1, -0.05) is 0 Å². The topological polar surface area (TPSA) is 78.9 Å². The van der Waals surface area contributed by atoms with Crippen LogP contribution in [0, 0.1) is 0 Å². The van der Waals surface area contributed by atoms with Gasteiger partial charge in [-0.3, -0.25) is 4.79 Å². The molecule has 19 heavy (non-hydrogen) atoms. The van der Waals surface area contributed by atoms with Crippen LogP contribution in [-0.4, -0.2) is 71.8 Å². The average molecular weight is 288 g/mol. The lowest BCUT2D eigenvalue weighted by Gasteiger charge is -2.35. The van der Waals surface area contributed by atoms with E-state index in [1.807, 2.05) is 16.7 Å². The zero-order chi connectivity index (χ0) is 13.7. The van der Waals surface area contributed by atoms with Crippen molar-refractivity contribution in [3.05, 3.63) is 0 Å². The van der Waals surface area contributed by atoms with Gasteiger partial charge < -0.3 is 20.1 Å². The van der Waals surface area contributed by atoms with Crippen molar-refractivity contribution < 1.29 is 19.4 Å². The van der Waals surface area contributed by atoms with E-state index < -0.39 is 5.97 Å². The van der Waals surface area contributed by atoms with Crippen LogP contribution in [0.25, 0.3) is 0 Å². The summed E-state index contributed by atoms with van der Waals surface area (Å²) in [5.41, 5.74) is 0. The molecule has 2 aliphatic rings. The van der Waals surface area contributed by atoms with Gasteiger partial charge in [0.2, 0.25) is 5.91 Å². The number of carbonyl (C=O) groups is 2. The quantitative estimate of drug-likeness (QED) is 0.745. The number of rotatable bonds is 4.